The molecule has 0 aliphatic carbocycles. The Kier molecular flexibility index (Phi) is 3.96. The van der Waals surface area contributed by atoms with Gasteiger partial charge in [-0.1, -0.05) is 11.6 Å². The second-order valence-electron chi connectivity index (χ2n) is 4.57. The van der Waals surface area contributed by atoms with Gasteiger partial charge in [-0.15, -0.1) is 11.3 Å². The van der Waals surface area contributed by atoms with Crippen LogP contribution in [0.15, 0.2) is 46.4 Å². The van der Waals surface area contributed by atoms with Crippen molar-refractivity contribution in [3.8, 4) is 0 Å². The molecule has 20 heavy (non-hydrogen) atoms. The lowest BCUT2D eigenvalue weighted by Gasteiger charge is -2.16. The fourth-order valence-corrected chi connectivity index (χ4v) is 3.30. The molecule has 2 aromatic heterocycles. The van der Waals surface area contributed by atoms with Crippen molar-refractivity contribution in [3.63, 3.8) is 0 Å². The number of anilines is 1. The summed E-state index contributed by atoms with van der Waals surface area (Å²) in [6.07, 6.45) is 1.93. The third-order valence-electron chi connectivity index (χ3n) is 3.13. The summed E-state index contributed by atoms with van der Waals surface area (Å²) < 4.78 is 2.11. The highest BCUT2D eigenvalue weighted by Crippen LogP contribution is 2.29. The van der Waals surface area contributed by atoms with Crippen molar-refractivity contribution < 1.29 is 0 Å². The van der Waals surface area contributed by atoms with E-state index in [1.165, 1.54) is 10.3 Å². The Morgan fingerprint density at radius 3 is 2.95 bits per heavy atom. The van der Waals surface area contributed by atoms with E-state index in [2.05, 4.69) is 44.6 Å². The van der Waals surface area contributed by atoms with E-state index < -0.39 is 0 Å². The maximum atomic E-state index is 6.00. The minimum Gasteiger partial charge on any atom is -0.378 e. The number of hydrogen-bond donors (Lipinski definition) is 1. The zero-order valence-electron chi connectivity index (χ0n) is 10.7. The highest BCUT2D eigenvalue weighted by atomic mass is 79.9. The predicted molar refractivity (Wildman–Crippen MR) is 90.8 cm³/mol. The van der Waals surface area contributed by atoms with Gasteiger partial charge >= 0.3 is 0 Å². The molecule has 5 heteroatoms. The van der Waals surface area contributed by atoms with Gasteiger partial charge in [0.15, 0.2) is 0 Å². The van der Waals surface area contributed by atoms with E-state index in [4.69, 9.17) is 11.6 Å². The summed E-state index contributed by atoms with van der Waals surface area (Å²) in [5.41, 5.74) is 3.26. The van der Waals surface area contributed by atoms with Gasteiger partial charge in [0.25, 0.3) is 0 Å². The zero-order chi connectivity index (χ0) is 14.1. The minimum atomic E-state index is 0.182. The molecule has 2 nitrogen and oxygen atoms in total. The van der Waals surface area contributed by atoms with Gasteiger partial charge in [0.2, 0.25) is 0 Å². The summed E-state index contributed by atoms with van der Waals surface area (Å²) in [7, 11) is 0. The average molecular weight is 368 g/mol. The molecule has 3 aromatic rings. The number of halogens is 2. The Hall–Kier alpha value is -1.10. The molecule has 0 saturated carbocycles. The van der Waals surface area contributed by atoms with Gasteiger partial charge in [-0.3, -0.25) is 4.98 Å². The standard InChI is InChI=1S/C15H12BrClN2S/c1-9(19-11-2-3-13(17)12(16)7-11)10-6-15-14(18-8-10)4-5-20-15/h2-9,19H,1H3. The Bertz CT molecular complexity index is 756. The lowest BCUT2D eigenvalue weighted by molar-refractivity contribution is 0.880. The molecule has 0 saturated heterocycles. The monoisotopic (exact) mass is 366 g/mol. The van der Waals surface area contributed by atoms with Crippen LogP contribution in [-0.2, 0) is 0 Å². The quantitative estimate of drug-likeness (QED) is 0.624. The molecule has 0 aliphatic heterocycles. The van der Waals surface area contributed by atoms with Crippen molar-refractivity contribution in [3.05, 3.63) is 57.0 Å². The molecule has 1 unspecified atom stereocenters. The van der Waals surface area contributed by atoms with Crippen LogP contribution in [-0.4, -0.2) is 4.98 Å². The van der Waals surface area contributed by atoms with E-state index in [0.29, 0.717) is 5.02 Å². The van der Waals surface area contributed by atoms with E-state index in [-0.39, 0.29) is 6.04 Å². The highest BCUT2D eigenvalue weighted by Gasteiger charge is 2.08. The van der Waals surface area contributed by atoms with Crippen LogP contribution in [0.2, 0.25) is 5.02 Å². The van der Waals surface area contributed by atoms with Crippen molar-refractivity contribution >= 4 is 54.8 Å². The Morgan fingerprint density at radius 1 is 1.30 bits per heavy atom. The van der Waals surface area contributed by atoms with E-state index in [9.17, 15) is 0 Å². The first-order valence-electron chi connectivity index (χ1n) is 6.18. The van der Waals surface area contributed by atoms with Gasteiger partial charge in [-0.05, 0) is 64.1 Å². The van der Waals surface area contributed by atoms with Gasteiger partial charge < -0.3 is 5.32 Å². The summed E-state index contributed by atoms with van der Waals surface area (Å²) in [5, 5.41) is 6.24. The number of thiophene rings is 1. The van der Waals surface area contributed by atoms with Crippen LogP contribution in [0.3, 0.4) is 0 Å². The van der Waals surface area contributed by atoms with Crippen LogP contribution in [0.5, 0.6) is 0 Å². The van der Waals surface area contributed by atoms with Crippen molar-refractivity contribution in [2.75, 3.05) is 5.32 Å². The smallest absolute Gasteiger partial charge is 0.0809 e. The summed E-state index contributed by atoms with van der Waals surface area (Å²) in [6, 6.07) is 10.2. The number of nitrogens with zero attached hydrogens (tertiary/aromatic N) is 1. The first-order chi connectivity index (χ1) is 9.63. The molecule has 0 aliphatic rings. The summed E-state index contributed by atoms with van der Waals surface area (Å²) in [5.74, 6) is 0. The molecule has 1 N–H and O–H groups in total. The Balaban J connectivity index is 1.84. The first kappa shape index (κ1) is 13.9. The molecule has 1 aromatic carbocycles. The topological polar surface area (TPSA) is 24.9 Å². The fourth-order valence-electron chi connectivity index (χ4n) is 2.02. The summed E-state index contributed by atoms with van der Waals surface area (Å²) >= 11 is 11.2. The fraction of sp³-hybridized carbons (Fsp3) is 0.133. The predicted octanol–water partition coefficient (Wildman–Crippen LogP) is 5.89. The van der Waals surface area contributed by atoms with Gasteiger partial charge in [0.1, 0.15) is 0 Å². The van der Waals surface area contributed by atoms with E-state index in [1.807, 2.05) is 30.5 Å². The van der Waals surface area contributed by atoms with Gasteiger partial charge in [-0.25, -0.2) is 0 Å². The number of aromatic nitrogens is 1. The van der Waals surface area contributed by atoms with Crippen LogP contribution < -0.4 is 5.32 Å². The molecule has 102 valence electrons. The molecule has 0 amide bonds. The Labute approximate surface area is 134 Å². The van der Waals surface area contributed by atoms with E-state index in [0.717, 1.165) is 15.7 Å². The number of benzene rings is 1. The molecular formula is C15H12BrClN2S. The van der Waals surface area contributed by atoms with Crippen LogP contribution in [0, 0.1) is 0 Å². The number of pyridine rings is 1. The van der Waals surface area contributed by atoms with Crippen LogP contribution >= 0.6 is 38.9 Å². The Morgan fingerprint density at radius 2 is 2.15 bits per heavy atom. The molecule has 1 atom stereocenters. The third-order valence-corrected chi connectivity index (χ3v) is 5.19. The van der Waals surface area contributed by atoms with Crippen molar-refractivity contribution in [1.82, 2.24) is 4.98 Å². The minimum absolute atomic E-state index is 0.182. The second kappa shape index (κ2) is 5.72. The lowest BCUT2D eigenvalue weighted by atomic mass is 10.1. The average Bonchev–Trinajstić information content (AvgIpc) is 2.90. The molecule has 0 radical (unpaired) electrons. The number of fused-ring (bicyclic) bond motifs is 1. The normalized spacial score (nSPS) is 12.6. The summed E-state index contributed by atoms with van der Waals surface area (Å²) in [4.78, 5) is 4.48. The number of hydrogen-bond acceptors (Lipinski definition) is 3. The van der Waals surface area contributed by atoms with Crippen molar-refractivity contribution in [1.29, 1.82) is 0 Å². The molecule has 0 bridgehead atoms. The highest BCUT2D eigenvalue weighted by molar-refractivity contribution is 9.10. The zero-order valence-corrected chi connectivity index (χ0v) is 13.9. The maximum Gasteiger partial charge on any atom is 0.0809 e. The van der Waals surface area contributed by atoms with Gasteiger partial charge in [-0.2, -0.15) is 0 Å². The summed E-state index contributed by atoms with van der Waals surface area (Å²) in [6.45, 7) is 2.12. The molecule has 3 rings (SSSR count). The van der Waals surface area contributed by atoms with Crippen LogP contribution in [0.25, 0.3) is 10.2 Å². The van der Waals surface area contributed by atoms with Crippen molar-refractivity contribution in [2.45, 2.75) is 13.0 Å². The lowest BCUT2D eigenvalue weighted by Crippen LogP contribution is -2.06. The number of nitrogens with one attached hydrogen (secondary N) is 1. The second-order valence-corrected chi connectivity index (χ2v) is 6.78. The SMILES string of the molecule is CC(Nc1ccc(Cl)c(Br)c1)c1cnc2ccsc2c1. The van der Waals surface area contributed by atoms with Crippen LogP contribution in [0.4, 0.5) is 5.69 Å². The number of rotatable bonds is 3. The molecule has 0 fully saturated rings. The molecule has 0 spiro atoms. The van der Waals surface area contributed by atoms with Crippen molar-refractivity contribution in [2.24, 2.45) is 0 Å². The largest absolute Gasteiger partial charge is 0.378 e. The van der Waals surface area contributed by atoms with Crippen LogP contribution in [0.1, 0.15) is 18.5 Å². The molecular weight excluding hydrogens is 356 g/mol. The first-order valence-corrected chi connectivity index (χ1v) is 8.23. The third kappa shape index (κ3) is 2.82. The van der Waals surface area contributed by atoms with Gasteiger partial charge in [0.05, 0.1) is 21.3 Å². The maximum absolute atomic E-state index is 6.00. The van der Waals surface area contributed by atoms with E-state index in [1.54, 1.807) is 11.3 Å². The molecule has 2 heterocycles. The van der Waals surface area contributed by atoms with E-state index >= 15 is 0 Å². The van der Waals surface area contributed by atoms with Gasteiger partial charge in [0, 0.05) is 16.4 Å².